The average Bonchev–Trinajstić information content (AvgIpc) is 2.21. The van der Waals surface area contributed by atoms with E-state index in [1.54, 1.807) is 6.92 Å². The summed E-state index contributed by atoms with van der Waals surface area (Å²) in [5.74, 6) is -4.36. The second kappa shape index (κ2) is 6.13. The summed E-state index contributed by atoms with van der Waals surface area (Å²) in [4.78, 5) is 0. The predicted octanol–water partition coefficient (Wildman–Crippen LogP) is 1.80. The number of hydrogen-bond donors (Lipinski definition) is 3. The van der Waals surface area contributed by atoms with Crippen molar-refractivity contribution >= 4 is 0 Å². The lowest BCUT2D eigenvalue weighted by Crippen LogP contribution is -2.50. The third-order valence-corrected chi connectivity index (χ3v) is 1.86. The zero-order valence-corrected chi connectivity index (χ0v) is 9.08. The van der Waals surface area contributed by atoms with Crippen molar-refractivity contribution in [3.05, 3.63) is 24.1 Å². The summed E-state index contributed by atoms with van der Waals surface area (Å²) in [7, 11) is 0. The van der Waals surface area contributed by atoms with Crippen molar-refractivity contribution < 1.29 is 32.9 Å². The molecule has 1 unspecified atom stereocenters. The molecule has 0 heterocycles. The molecule has 0 bridgehead atoms. The van der Waals surface area contributed by atoms with Crippen LogP contribution in [0.5, 0.6) is 0 Å². The lowest BCUT2D eigenvalue weighted by Gasteiger charge is -2.27. The molecule has 0 fully saturated rings. The topological polar surface area (TPSA) is 60.7 Å². The summed E-state index contributed by atoms with van der Waals surface area (Å²) < 4.78 is 48.8. The second-order valence-electron chi connectivity index (χ2n) is 3.43. The fourth-order valence-electron chi connectivity index (χ4n) is 0.920. The van der Waals surface area contributed by atoms with Gasteiger partial charge in [-0.3, -0.25) is 0 Å². The molecular formula is C10H14F4O3. The predicted molar refractivity (Wildman–Crippen MR) is 52.5 cm³/mol. The molecule has 0 aromatic carbocycles. The van der Waals surface area contributed by atoms with E-state index < -0.39 is 30.3 Å². The molecule has 1 atom stereocenters. The Morgan fingerprint density at radius 3 is 2.24 bits per heavy atom. The number of halogens is 4. The van der Waals surface area contributed by atoms with Crippen molar-refractivity contribution in [1.82, 2.24) is 0 Å². The minimum absolute atomic E-state index is 0.524. The molecule has 100 valence electrons. The van der Waals surface area contributed by atoms with Crippen LogP contribution < -0.4 is 0 Å². The number of aliphatic hydroxyl groups excluding tert-OH is 1. The molecule has 0 aliphatic rings. The molecule has 0 saturated heterocycles. The van der Waals surface area contributed by atoms with Gasteiger partial charge in [-0.1, -0.05) is 13.0 Å². The largest absolute Gasteiger partial charge is 0.419 e. The zero-order chi connectivity index (χ0) is 13.7. The Bertz CT molecular complexity index is 294. The SMILES string of the molecule is CC/C=C\C(F)=C/CC(O)(O)C(O)C(F)(F)F. The van der Waals surface area contributed by atoms with E-state index in [0.717, 1.165) is 6.08 Å². The number of allylic oxidation sites excluding steroid dienone is 3. The van der Waals surface area contributed by atoms with Crippen molar-refractivity contribution in [3.8, 4) is 0 Å². The Balaban J connectivity index is 4.61. The van der Waals surface area contributed by atoms with Gasteiger partial charge in [-0.2, -0.15) is 13.2 Å². The highest BCUT2D eigenvalue weighted by atomic mass is 19.4. The summed E-state index contributed by atoms with van der Waals surface area (Å²) in [6.45, 7) is 1.72. The van der Waals surface area contributed by atoms with Gasteiger partial charge in [0, 0.05) is 6.42 Å². The first kappa shape index (κ1) is 16.1. The van der Waals surface area contributed by atoms with E-state index in [1.807, 2.05) is 0 Å². The highest BCUT2D eigenvalue weighted by molar-refractivity contribution is 5.11. The van der Waals surface area contributed by atoms with Crippen LogP contribution in [0, 0.1) is 0 Å². The smallest absolute Gasteiger partial charge is 0.379 e. The monoisotopic (exact) mass is 258 g/mol. The molecule has 0 aromatic rings. The Labute approximate surface area is 95.7 Å². The van der Waals surface area contributed by atoms with E-state index in [4.69, 9.17) is 15.3 Å². The maximum absolute atomic E-state index is 12.9. The van der Waals surface area contributed by atoms with Gasteiger partial charge in [0.25, 0.3) is 0 Å². The lowest BCUT2D eigenvalue weighted by molar-refractivity contribution is -0.315. The molecule has 17 heavy (non-hydrogen) atoms. The molecule has 3 nitrogen and oxygen atoms in total. The third kappa shape index (κ3) is 5.81. The van der Waals surface area contributed by atoms with Crippen LogP contribution in [-0.2, 0) is 0 Å². The highest BCUT2D eigenvalue weighted by Crippen LogP contribution is 2.29. The van der Waals surface area contributed by atoms with E-state index in [0.29, 0.717) is 12.5 Å². The van der Waals surface area contributed by atoms with E-state index in [1.165, 1.54) is 6.08 Å². The summed E-state index contributed by atoms with van der Waals surface area (Å²) in [6, 6.07) is 0. The van der Waals surface area contributed by atoms with Gasteiger partial charge < -0.3 is 15.3 Å². The Kier molecular flexibility index (Phi) is 5.80. The van der Waals surface area contributed by atoms with Crippen molar-refractivity contribution in [2.75, 3.05) is 0 Å². The fourth-order valence-corrected chi connectivity index (χ4v) is 0.920. The first-order valence-electron chi connectivity index (χ1n) is 4.83. The molecule has 0 saturated carbocycles. The van der Waals surface area contributed by atoms with E-state index in [-0.39, 0.29) is 0 Å². The van der Waals surface area contributed by atoms with Gasteiger partial charge in [-0.15, -0.1) is 0 Å². The number of alkyl halides is 3. The minimum atomic E-state index is -5.19. The summed E-state index contributed by atoms with van der Waals surface area (Å²) in [5.41, 5.74) is 0. The maximum atomic E-state index is 12.9. The van der Waals surface area contributed by atoms with Crippen LogP contribution in [0.1, 0.15) is 19.8 Å². The summed E-state index contributed by atoms with van der Waals surface area (Å²) >= 11 is 0. The molecule has 0 aromatic heterocycles. The quantitative estimate of drug-likeness (QED) is 0.400. The standard InChI is InChI=1S/C10H14F4O3/c1-2-3-4-7(11)5-6-9(16,17)8(15)10(12,13)14/h3-5,8,15-17H,2,6H2,1H3/b4-3-,7-5+. The Morgan fingerprint density at radius 2 is 1.82 bits per heavy atom. The Hall–Kier alpha value is -0.920. The maximum Gasteiger partial charge on any atom is 0.419 e. The molecule has 7 heteroatoms. The van der Waals surface area contributed by atoms with Crippen molar-refractivity contribution in [3.63, 3.8) is 0 Å². The molecule has 0 radical (unpaired) electrons. The van der Waals surface area contributed by atoms with E-state index in [9.17, 15) is 17.6 Å². The molecule has 0 aliphatic heterocycles. The lowest BCUT2D eigenvalue weighted by atomic mass is 10.1. The molecule has 0 amide bonds. The van der Waals surface area contributed by atoms with Crippen molar-refractivity contribution in [2.24, 2.45) is 0 Å². The normalized spacial score (nSPS) is 16.6. The zero-order valence-electron chi connectivity index (χ0n) is 9.08. The van der Waals surface area contributed by atoms with Gasteiger partial charge in [0.1, 0.15) is 5.83 Å². The van der Waals surface area contributed by atoms with Crippen LogP contribution in [0.2, 0.25) is 0 Å². The molecule has 3 N–H and O–H groups in total. The second-order valence-corrected chi connectivity index (χ2v) is 3.43. The van der Waals surface area contributed by atoms with Crippen LogP contribution in [0.3, 0.4) is 0 Å². The van der Waals surface area contributed by atoms with Gasteiger partial charge in [0.15, 0.2) is 0 Å². The van der Waals surface area contributed by atoms with E-state index >= 15 is 0 Å². The van der Waals surface area contributed by atoms with Gasteiger partial charge in [-0.05, 0) is 18.6 Å². The van der Waals surface area contributed by atoms with Crippen LogP contribution >= 0.6 is 0 Å². The summed E-state index contributed by atoms with van der Waals surface area (Å²) in [6.07, 6.45) is -6.15. The average molecular weight is 258 g/mol. The van der Waals surface area contributed by atoms with E-state index in [2.05, 4.69) is 0 Å². The molecule has 0 aliphatic carbocycles. The third-order valence-electron chi connectivity index (χ3n) is 1.86. The van der Waals surface area contributed by atoms with Gasteiger partial charge in [0.2, 0.25) is 11.9 Å². The highest BCUT2D eigenvalue weighted by Gasteiger charge is 2.51. The fraction of sp³-hybridized carbons (Fsp3) is 0.600. The molecule has 0 spiro atoms. The number of aliphatic hydroxyl groups is 3. The van der Waals surface area contributed by atoms with Gasteiger partial charge in [0.05, 0.1) is 0 Å². The number of rotatable bonds is 5. The van der Waals surface area contributed by atoms with Crippen LogP contribution in [0.4, 0.5) is 17.6 Å². The molecular weight excluding hydrogens is 244 g/mol. The first-order valence-corrected chi connectivity index (χ1v) is 4.83. The van der Waals surface area contributed by atoms with Crippen LogP contribution in [0.25, 0.3) is 0 Å². The number of hydrogen-bond acceptors (Lipinski definition) is 3. The van der Waals surface area contributed by atoms with Gasteiger partial charge >= 0.3 is 6.18 Å². The van der Waals surface area contributed by atoms with Crippen LogP contribution in [-0.4, -0.2) is 33.4 Å². The minimum Gasteiger partial charge on any atom is -0.379 e. The van der Waals surface area contributed by atoms with Crippen molar-refractivity contribution in [2.45, 2.75) is 37.8 Å². The first-order chi connectivity index (χ1) is 7.61. The van der Waals surface area contributed by atoms with Crippen molar-refractivity contribution in [1.29, 1.82) is 0 Å². The molecule has 0 rings (SSSR count). The van der Waals surface area contributed by atoms with Crippen LogP contribution in [0.15, 0.2) is 24.1 Å². The van der Waals surface area contributed by atoms with Gasteiger partial charge in [-0.25, -0.2) is 4.39 Å². The summed E-state index contributed by atoms with van der Waals surface area (Å²) in [5, 5.41) is 26.5. The Morgan fingerprint density at radius 1 is 1.29 bits per heavy atom.